The molecule has 0 spiro atoms. The second kappa shape index (κ2) is 11.4. The highest BCUT2D eigenvalue weighted by molar-refractivity contribution is 6.33. The number of hydrogen-bond acceptors (Lipinski definition) is 9. The number of benzene rings is 1. The number of fused-ring (bicyclic) bond motifs is 2. The molecule has 14 heteroatoms. The van der Waals surface area contributed by atoms with E-state index in [1.807, 2.05) is 4.90 Å². The summed E-state index contributed by atoms with van der Waals surface area (Å²) in [5.41, 5.74) is 0.755. The zero-order valence-electron chi connectivity index (χ0n) is 22.8. The number of nitrogens with one attached hydrogen (secondary N) is 1. The van der Waals surface area contributed by atoms with Gasteiger partial charge in [0.2, 0.25) is 17.7 Å². The molecular formula is C28H28ClFN8O4. The fraction of sp³-hybridized carbons (Fsp3) is 0.357. The Kier molecular flexibility index (Phi) is 7.50. The van der Waals surface area contributed by atoms with Crippen molar-refractivity contribution in [2.24, 2.45) is 5.92 Å². The molecule has 218 valence electrons. The van der Waals surface area contributed by atoms with Crippen LogP contribution < -0.4 is 14.4 Å². The van der Waals surface area contributed by atoms with Crippen LogP contribution in [0.5, 0.6) is 17.6 Å². The zero-order chi connectivity index (χ0) is 29.4. The number of pyridine rings is 1. The van der Waals surface area contributed by atoms with E-state index in [2.05, 4.69) is 26.7 Å². The van der Waals surface area contributed by atoms with Crippen molar-refractivity contribution in [3.63, 3.8) is 0 Å². The topological polar surface area (TPSA) is 130 Å². The molecule has 1 aromatic carbocycles. The molecule has 5 heterocycles. The molecule has 0 radical (unpaired) electrons. The van der Waals surface area contributed by atoms with Crippen LogP contribution >= 0.6 is 11.6 Å². The molecule has 1 atom stereocenters. The van der Waals surface area contributed by atoms with Gasteiger partial charge in [0, 0.05) is 64.4 Å². The van der Waals surface area contributed by atoms with Crippen LogP contribution in [0.3, 0.4) is 0 Å². The molecule has 12 nitrogen and oxygen atoms in total. The third-order valence-corrected chi connectivity index (χ3v) is 7.93. The summed E-state index contributed by atoms with van der Waals surface area (Å²) in [4.78, 5) is 43.3. The average molecular weight is 595 g/mol. The van der Waals surface area contributed by atoms with Gasteiger partial charge in [0.1, 0.15) is 22.2 Å². The van der Waals surface area contributed by atoms with Gasteiger partial charge in [-0.2, -0.15) is 15.1 Å². The van der Waals surface area contributed by atoms with Crippen LogP contribution in [-0.2, 0) is 9.59 Å². The number of amides is 2. The first-order chi connectivity index (χ1) is 20.3. The second-order valence-corrected chi connectivity index (χ2v) is 10.6. The first kappa shape index (κ1) is 27.6. The third kappa shape index (κ3) is 5.27. The summed E-state index contributed by atoms with van der Waals surface area (Å²) >= 11 is 6.32. The van der Waals surface area contributed by atoms with E-state index in [9.17, 15) is 14.0 Å². The molecule has 0 aliphatic carbocycles. The number of likely N-dealkylation sites (tertiary alicyclic amines) is 1. The minimum absolute atomic E-state index is 0.0337. The van der Waals surface area contributed by atoms with Crippen molar-refractivity contribution < 1.29 is 23.5 Å². The van der Waals surface area contributed by atoms with E-state index >= 15 is 0 Å². The highest BCUT2D eigenvalue weighted by Crippen LogP contribution is 2.40. The fourth-order valence-corrected chi connectivity index (χ4v) is 5.49. The smallest absolute Gasteiger partial charge is 0.319 e. The highest BCUT2D eigenvalue weighted by Gasteiger charge is 2.27. The van der Waals surface area contributed by atoms with E-state index in [1.54, 1.807) is 29.0 Å². The summed E-state index contributed by atoms with van der Waals surface area (Å²) in [6.45, 7) is 8.75. The van der Waals surface area contributed by atoms with Gasteiger partial charge in [-0.1, -0.05) is 18.2 Å². The van der Waals surface area contributed by atoms with Crippen LogP contribution in [0.25, 0.3) is 21.8 Å². The Labute approximate surface area is 245 Å². The number of piperazine rings is 1. The Hall–Kier alpha value is -4.52. The number of halogens is 2. The predicted octanol–water partition coefficient (Wildman–Crippen LogP) is 3.57. The molecule has 1 N–H and O–H groups in total. The van der Waals surface area contributed by atoms with Crippen molar-refractivity contribution in [3.05, 3.63) is 48.0 Å². The van der Waals surface area contributed by atoms with Gasteiger partial charge < -0.3 is 24.2 Å². The Morgan fingerprint density at radius 1 is 1.19 bits per heavy atom. The lowest BCUT2D eigenvalue weighted by atomic mass is 10.1. The molecule has 0 bridgehead atoms. The number of carbonyl (C=O) groups excluding carboxylic acids is 2. The zero-order valence-corrected chi connectivity index (χ0v) is 23.6. The number of rotatable bonds is 7. The van der Waals surface area contributed by atoms with E-state index in [4.69, 9.17) is 26.1 Å². The molecule has 3 aromatic heterocycles. The lowest BCUT2D eigenvalue weighted by Crippen LogP contribution is -2.48. The SMILES string of the molecule is C=CC(=O)N1CCN(c2nc(OCC3CCN(C(C)=O)C3)nc3c(Oc4c(Cl)c(F)cc5[nH]ncc45)nccc23)CC1. The summed E-state index contributed by atoms with van der Waals surface area (Å²) in [6, 6.07) is 3.12. The molecule has 2 amide bonds. The van der Waals surface area contributed by atoms with E-state index in [0.29, 0.717) is 73.5 Å². The minimum atomic E-state index is -0.675. The molecule has 42 heavy (non-hydrogen) atoms. The number of H-pyrrole nitrogens is 1. The van der Waals surface area contributed by atoms with Gasteiger partial charge in [-0.25, -0.2) is 9.37 Å². The van der Waals surface area contributed by atoms with E-state index in [1.165, 1.54) is 18.3 Å². The van der Waals surface area contributed by atoms with Crippen LogP contribution in [-0.4, -0.2) is 92.6 Å². The molecule has 2 aliphatic rings. The van der Waals surface area contributed by atoms with Gasteiger partial charge in [0.25, 0.3) is 0 Å². The molecule has 2 aliphatic heterocycles. The van der Waals surface area contributed by atoms with Gasteiger partial charge in [-0.3, -0.25) is 14.7 Å². The third-order valence-electron chi connectivity index (χ3n) is 7.58. The number of hydrogen-bond donors (Lipinski definition) is 1. The van der Waals surface area contributed by atoms with Crippen LogP contribution in [0.1, 0.15) is 13.3 Å². The minimum Gasteiger partial charge on any atom is -0.463 e. The molecule has 2 fully saturated rings. The van der Waals surface area contributed by atoms with Gasteiger partial charge in [-0.05, 0) is 18.6 Å². The molecule has 2 saturated heterocycles. The number of ether oxygens (including phenoxy) is 2. The summed E-state index contributed by atoms with van der Waals surface area (Å²) in [5.74, 6) is 0.0889. The normalized spacial score (nSPS) is 17.2. The maximum Gasteiger partial charge on any atom is 0.319 e. The largest absolute Gasteiger partial charge is 0.463 e. The summed E-state index contributed by atoms with van der Waals surface area (Å²) in [7, 11) is 0. The summed E-state index contributed by atoms with van der Waals surface area (Å²) < 4.78 is 26.9. The maximum atomic E-state index is 14.6. The highest BCUT2D eigenvalue weighted by atomic mass is 35.5. The summed E-state index contributed by atoms with van der Waals surface area (Å²) in [6.07, 6.45) is 5.17. The number of anilines is 1. The fourth-order valence-electron chi connectivity index (χ4n) is 5.29. The van der Waals surface area contributed by atoms with Gasteiger partial charge >= 0.3 is 6.01 Å². The quantitative estimate of drug-likeness (QED) is 0.319. The van der Waals surface area contributed by atoms with Crippen molar-refractivity contribution in [1.29, 1.82) is 0 Å². The van der Waals surface area contributed by atoms with Crippen molar-refractivity contribution in [2.45, 2.75) is 13.3 Å². The van der Waals surface area contributed by atoms with E-state index in [0.717, 1.165) is 6.42 Å². The van der Waals surface area contributed by atoms with Crippen LogP contribution in [0, 0.1) is 11.7 Å². The van der Waals surface area contributed by atoms with E-state index in [-0.39, 0.29) is 40.4 Å². The van der Waals surface area contributed by atoms with E-state index < -0.39 is 5.82 Å². The van der Waals surface area contributed by atoms with Crippen molar-refractivity contribution in [2.75, 3.05) is 50.8 Å². The first-order valence-corrected chi connectivity index (χ1v) is 13.9. The molecule has 0 saturated carbocycles. The standard InChI is InChI=1S/C28H28ClFN8O4/c1-3-22(40)36-8-10-37(11-9-36)26-18-4-6-31-27(42-25-19-13-32-35-21(19)12-20(30)23(25)29)24(18)33-28(34-26)41-15-17-5-7-38(14-17)16(2)39/h3-4,6,12-13,17H,1,5,7-11,14-15H2,2H3,(H,32,35). The molecule has 1 unspecified atom stereocenters. The second-order valence-electron chi connectivity index (χ2n) is 10.2. The Bertz CT molecular complexity index is 1690. The van der Waals surface area contributed by atoms with Gasteiger partial charge in [0.15, 0.2) is 5.75 Å². The summed E-state index contributed by atoms with van der Waals surface area (Å²) in [5, 5.41) is 7.60. The number of carbonyl (C=O) groups is 2. The van der Waals surface area contributed by atoms with Crippen LogP contribution in [0.4, 0.5) is 10.2 Å². The lowest BCUT2D eigenvalue weighted by molar-refractivity contribution is -0.128. The van der Waals surface area contributed by atoms with Gasteiger partial charge in [0.05, 0.1) is 29.1 Å². The Morgan fingerprint density at radius 2 is 2.00 bits per heavy atom. The van der Waals surface area contributed by atoms with Crippen LogP contribution in [0.15, 0.2) is 37.2 Å². The molecular weight excluding hydrogens is 567 g/mol. The van der Waals surface area contributed by atoms with Crippen molar-refractivity contribution in [1.82, 2.24) is 34.9 Å². The van der Waals surface area contributed by atoms with Crippen LogP contribution in [0.2, 0.25) is 5.02 Å². The molecule has 4 aromatic rings. The number of aromatic nitrogens is 5. The average Bonchev–Trinajstić information content (AvgIpc) is 3.68. The predicted molar refractivity (Wildman–Crippen MR) is 153 cm³/mol. The first-order valence-electron chi connectivity index (χ1n) is 13.5. The monoisotopic (exact) mass is 594 g/mol. The molecule has 6 rings (SSSR count). The number of nitrogens with zero attached hydrogens (tertiary/aromatic N) is 7. The van der Waals surface area contributed by atoms with Crippen molar-refractivity contribution in [3.8, 4) is 17.6 Å². The Balaban J connectivity index is 1.37. The number of aromatic amines is 1. The maximum absolute atomic E-state index is 14.6. The lowest BCUT2D eigenvalue weighted by Gasteiger charge is -2.35. The van der Waals surface area contributed by atoms with Gasteiger partial charge in [-0.15, -0.1) is 0 Å². The Morgan fingerprint density at radius 3 is 2.74 bits per heavy atom. The van der Waals surface area contributed by atoms with Crippen molar-refractivity contribution >= 4 is 51.0 Å².